The summed E-state index contributed by atoms with van der Waals surface area (Å²) in [6.07, 6.45) is 6.36. The number of aromatic nitrogens is 1. The Bertz CT molecular complexity index is 725. The molecule has 1 heterocycles. The topological polar surface area (TPSA) is 57.2 Å². The standard InChI is InChI=1S/C17H20N2O2S/c1-19-9-12(7-15(18)17(19)20)14-8-13(22-2)5-6-16(14)21-10-11-3-4-11/h5-9,11H,3-4,10,18H2,1-2H3. The molecule has 0 unspecified atom stereocenters. The molecule has 5 heteroatoms. The lowest BCUT2D eigenvalue weighted by atomic mass is 10.1. The molecule has 1 aliphatic rings. The van der Waals surface area contributed by atoms with Crippen molar-refractivity contribution in [2.75, 3.05) is 18.6 Å². The first-order chi connectivity index (χ1) is 10.6. The summed E-state index contributed by atoms with van der Waals surface area (Å²) in [6.45, 7) is 0.757. The van der Waals surface area contributed by atoms with Crippen molar-refractivity contribution in [1.29, 1.82) is 0 Å². The van der Waals surface area contributed by atoms with Gasteiger partial charge in [-0.25, -0.2) is 0 Å². The van der Waals surface area contributed by atoms with Crippen LogP contribution < -0.4 is 16.0 Å². The number of nitrogens with two attached hydrogens (primary N) is 1. The van der Waals surface area contributed by atoms with E-state index in [2.05, 4.69) is 12.1 Å². The van der Waals surface area contributed by atoms with E-state index in [1.54, 1.807) is 24.9 Å². The van der Waals surface area contributed by atoms with Gasteiger partial charge < -0.3 is 15.0 Å². The van der Waals surface area contributed by atoms with E-state index in [4.69, 9.17) is 10.5 Å². The lowest BCUT2D eigenvalue weighted by Gasteiger charge is -2.14. The number of nitrogens with zero attached hydrogens (tertiary/aromatic N) is 1. The maximum Gasteiger partial charge on any atom is 0.273 e. The van der Waals surface area contributed by atoms with E-state index in [0.29, 0.717) is 5.92 Å². The molecule has 0 amide bonds. The predicted molar refractivity (Wildman–Crippen MR) is 91.5 cm³/mol. The van der Waals surface area contributed by atoms with Crippen molar-refractivity contribution in [1.82, 2.24) is 4.57 Å². The van der Waals surface area contributed by atoms with E-state index in [-0.39, 0.29) is 11.2 Å². The van der Waals surface area contributed by atoms with Crippen molar-refractivity contribution in [3.63, 3.8) is 0 Å². The molecule has 1 aromatic heterocycles. The molecule has 2 N–H and O–H groups in total. The van der Waals surface area contributed by atoms with Gasteiger partial charge in [0.05, 0.1) is 12.3 Å². The highest BCUT2D eigenvalue weighted by Gasteiger charge is 2.22. The van der Waals surface area contributed by atoms with Crippen molar-refractivity contribution < 1.29 is 4.74 Å². The second-order valence-corrected chi connectivity index (χ2v) is 6.60. The van der Waals surface area contributed by atoms with Gasteiger partial charge in [-0.2, -0.15) is 0 Å². The molecule has 0 saturated heterocycles. The van der Waals surface area contributed by atoms with Crippen LogP contribution in [0, 0.1) is 5.92 Å². The van der Waals surface area contributed by atoms with Gasteiger partial charge in [0, 0.05) is 29.3 Å². The molecule has 4 nitrogen and oxygen atoms in total. The Labute approximate surface area is 134 Å². The van der Waals surface area contributed by atoms with E-state index in [1.807, 2.05) is 18.5 Å². The predicted octanol–water partition coefficient (Wildman–Crippen LogP) is 3.15. The van der Waals surface area contributed by atoms with Gasteiger partial charge in [-0.1, -0.05) is 0 Å². The smallest absolute Gasteiger partial charge is 0.273 e. The molecule has 1 aromatic carbocycles. The molecule has 3 rings (SSSR count). The normalized spacial score (nSPS) is 14.1. The van der Waals surface area contributed by atoms with Crippen LogP contribution in [0.4, 0.5) is 5.69 Å². The van der Waals surface area contributed by atoms with Gasteiger partial charge in [0.15, 0.2) is 0 Å². The van der Waals surface area contributed by atoms with Gasteiger partial charge >= 0.3 is 0 Å². The van der Waals surface area contributed by atoms with Crippen LogP contribution in [0.15, 0.2) is 40.2 Å². The minimum Gasteiger partial charge on any atom is -0.493 e. The lowest BCUT2D eigenvalue weighted by molar-refractivity contribution is 0.301. The first kappa shape index (κ1) is 15.0. The van der Waals surface area contributed by atoms with Crippen LogP contribution in [0.3, 0.4) is 0 Å². The Hall–Kier alpha value is -1.88. The number of nitrogen functional groups attached to an aromatic ring is 1. The molecule has 1 fully saturated rings. The monoisotopic (exact) mass is 316 g/mol. The van der Waals surface area contributed by atoms with E-state index < -0.39 is 0 Å². The number of hydrogen-bond donors (Lipinski definition) is 1. The molecule has 0 spiro atoms. The Kier molecular flexibility index (Phi) is 4.16. The highest BCUT2D eigenvalue weighted by molar-refractivity contribution is 7.98. The first-order valence-corrected chi connectivity index (χ1v) is 8.58. The average Bonchev–Trinajstić information content (AvgIpc) is 3.34. The number of anilines is 1. The summed E-state index contributed by atoms with van der Waals surface area (Å²) in [5, 5.41) is 0. The fourth-order valence-electron chi connectivity index (χ4n) is 2.36. The van der Waals surface area contributed by atoms with Crippen LogP contribution in [-0.4, -0.2) is 17.4 Å². The molecular weight excluding hydrogens is 296 g/mol. The zero-order chi connectivity index (χ0) is 15.7. The summed E-state index contributed by atoms with van der Waals surface area (Å²) in [6, 6.07) is 7.88. The molecule has 0 radical (unpaired) electrons. The van der Waals surface area contributed by atoms with Gasteiger partial charge in [0.2, 0.25) is 0 Å². The fourth-order valence-corrected chi connectivity index (χ4v) is 2.80. The maximum atomic E-state index is 11.8. The van der Waals surface area contributed by atoms with Crippen LogP contribution >= 0.6 is 11.8 Å². The number of ether oxygens (including phenoxy) is 1. The third-order valence-corrected chi connectivity index (χ3v) is 4.61. The number of hydrogen-bond acceptors (Lipinski definition) is 4. The maximum absolute atomic E-state index is 11.8. The molecule has 116 valence electrons. The summed E-state index contributed by atoms with van der Waals surface area (Å²) in [4.78, 5) is 12.9. The number of pyridine rings is 1. The third-order valence-electron chi connectivity index (χ3n) is 3.88. The number of aryl methyl sites for hydroxylation is 1. The summed E-state index contributed by atoms with van der Waals surface area (Å²) in [5.74, 6) is 1.54. The van der Waals surface area contributed by atoms with Crippen LogP contribution in [0.2, 0.25) is 0 Å². The summed E-state index contributed by atoms with van der Waals surface area (Å²) < 4.78 is 7.50. The van der Waals surface area contributed by atoms with Crippen LogP contribution in [-0.2, 0) is 7.05 Å². The van der Waals surface area contributed by atoms with E-state index in [1.165, 1.54) is 17.4 Å². The first-order valence-electron chi connectivity index (χ1n) is 7.36. The van der Waals surface area contributed by atoms with Crippen molar-refractivity contribution in [2.24, 2.45) is 13.0 Å². The van der Waals surface area contributed by atoms with E-state index in [0.717, 1.165) is 28.4 Å². The molecule has 0 bridgehead atoms. The second kappa shape index (κ2) is 6.08. The molecule has 22 heavy (non-hydrogen) atoms. The Morgan fingerprint density at radius 2 is 2.14 bits per heavy atom. The summed E-state index contributed by atoms with van der Waals surface area (Å²) >= 11 is 1.68. The third kappa shape index (κ3) is 3.14. The average molecular weight is 316 g/mol. The molecule has 1 saturated carbocycles. The van der Waals surface area contributed by atoms with E-state index in [9.17, 15) is 4.79 Å². The minimum atomic E-state index is -0.176. The van der Waals surface area contributed by atoms with Crippen molar-refractivity contribution >= 4 is 17.4 Å². The lowest BCUT2D eigenvalue weighted by Crippen LogP contribution is -2.19. The number of rotatable bonds is 5. The van der Waals surface area contributed by atoms with Crippen molar-refractivity contribution in [3.8, 4) is 16.9 Å². The summed E-state index contributed by atoms with van der Waals surface area (Å²) in [7, 11) is 1.71. The van der Waals surface area contributed by atoms with Gasteiger partial charge in [-0.3, -0.25) is 4.79 Å². The van der Waals surface area contributed by atoms with Crippen LogP contribution in [0.1, 0.15) is 12.8 Å². The van der Waals surface area contributed by atoms with Gasteiger partial charge in [0.25, 0.3) is 5.56 Å². The van der Waals surface area contributed by atoms with Crippen molar-refractivity contribution in [2.45, 2.75) is 17.7 Å². The van der Waals surface area contributed by atoms with Gasteiger partial charge in [-0.05, 0) is 49.3 Å². The van der Waals surface area contributed by atoms with Gasteiger partial charge in [0.1, 0.15) is 5.75 Å². The SMILES string of the molecule is CSc1ccc(OCC2CC2)c(-c2cc(N)c(=O)n(C)c2)c1. The number of benzene rings is 1. The highest BCUT2D eigenvalue weighted by atomic mass is 32.2. The Balaban J connectivity index is 2.03. The molecule has 0 aliphatic heterocycles. The Morgan fingerprint density at radius 3 is 2.77 bits per heavy atom. The van der Waals surface area contributed by atoms with Crippen molar-refractivity contribution in [3.05, 3.63) is 40.8 Å². The van der Waals surface area contributed by atoms with Gasteiger partial charge in [-0.15, -0.1) is 11.8 Å². The number of thioether (sulfide) groups is 1. The summed E-state index contributed by atoms with van der Waals surface area (Å²) in [5.41, 5.74) is 7.79. The van der Waals surface area contributed by atoms with Crippen LogP contribution in [0.5, 0.6) is 5.75 Å². The fraction of sp³-hybridized carbons (Fsp3) is 0.353. The molecular formula is C17H20N2O2S. The quantitative estimate of drug-likeness (QED) is 0.861. The van der Waals surface area contributed by atoms with E-state index >= 15 is 0 Å². The van der Waals surface area contributed by atoms with Crippen LogP contribution in [0.25, 0.3) is 11.1 Å². The second-order valence-electron chi connectivity index (χ2n) is 5.72. The minimum absolute atomic E-state index is 0.176. The molecule has 1 aliphatic carbocycles. The molecule has 2 aromatic rings. The largest absolute Gasteiger partial charge is 0.493 e. The molecule has 0 atom stereocenters. The zero-order valence-corrected chi connectivity index (χ0v) is 13.7. The zero-order valence-electron chi connectivity index (χ0n) is 12.8. The highest BCUT2D eigenvalue weighted by Crippen LogP contribution is 2.36. The Morgan fingerprint density at radius 1 is 1.36 bits per heavy atom.